The van der Waals surface area contributed by atoms with E-state index in [0.29, 0.717) is 26.3 Å². The topological polar surface area (TPSA) is 17.6 Å². The molecule has 30 heavy (non-hydrogen) atoms. The molecule has 2 aromatic carbocycles. The largest absolute Gasteiger partial charge is 1.00 e. The fraction of sp³-hybridized carbons (Fsp3) is 0.182. The molecule has 0 N–H and O–H groups in total. The van der Waals surface area contributed by atoms with Gasteiger partial charge in [0.05, 0.1) is 0 Å². The van der Waals surface area contributed by atoms with Crippen LogP contribution in [0.25, 0.3) is 0 Å². The van der Waals surface area contributed by atoms with Gasteiger partial charge in [0.15, 0.2) is 0 Å². The van der Waals surface area contributed by atoms with Crippen molar-refractivity contribution in [2.45, 2.75) is 13.1 Å². The van der Waals surface area contributed by atoms with Crippen molar-refractivity contribution in [1.82, 2.24) is 9.13 Å². The molecule has 158 valence electrons. The fourth-order valence-electron chi connectivity index (χ4n) is 3.11. The molecule has 0 unspecified atom stereocenters. The molecule has 2 heterocycles. The fourth-order valence-corrected chi connectivity index (χ4v) is 11.4. The van der Waals surface area contributed by atoms with Crippen LogP contribution in [-0.4, -0.2) is 35.4 Å². The molecule has 0 fully saturated rings. The monoisotopic (exact) mass is 758 g/mol. The van der Waals surface area contributed by atoms with Crippen molar-refractivity contribution in [3.05, 3.63) is 96.6 Å². The quantitative estimate of drug-likeness (QED) is 0.102. The zero-order valence-electron chi connectivity index (χ0n) is 16.9. The van der Waals surface area contributed by atoms with Crippen LogP contribution in [0.2, 0.25) is 0 Å². The van der Waals surface area contributed by atoms with Crippen LogP contribution in [0.1, 0.15) is 11.1 Å². The van der Waals surface area contributed by atoms with E-state index in [1.807, 2.05) is 0 Å². The predicted molar refractivity (Wildman–Crippen MR) is 113 cm³/mol. The minimum absolute atomic E-state index is 0. The first-order valence-corrected chi connectivity index (χ1v) is 15.3. The number of imidazole rings is 2. The van der Waals surface area contributed by atoms with Crippen LogP contribution in [0.3, 0.4) is 0 Å². The van der Waals surface area contributed by atoms with Gasteiger partial charge in [-0.15, -0.1) is 0 Å². The number of aryl methyl sites for hydroxylation is 2. The van der Waals surface area contributed by atoms with E-state index in [2.05, 4.69) is 118 Å². The van der Waals surface area contributed by atoms with Crippen LogP contribution in [0, 0.1) is 0 Å². The Bertz CT molecular complexity index is 964. The van der Waals surface area contributed by atoms with Gasteiger partial charge in [0.25, 0.3) is 0 Å². The maximum atomic E-state index is 2.40. The third-order valence-corrected chi connectivity index (χ3v) is 11.8. The maximum absolute atomic E-state index is 2.40. The molecule has 0 bridgehead atoms. The van der Waals surface area contributed by atoms with Gasteiger partial charge in [0.1, 0.15) is 0 Å². The number of halogens is 2. The van der Waals surface area contributed by atoms with E-state index in [1.165, 1.54) is 20.6 Å². The number of hydrogen-bond acceptors (Lipinski definition) is 0. The molecule has 0 atom stereocenters. The van der Waals surface area contributed by atoms with E-state index in [9.17, 15) is 0 Å². The van der Waals surface area contributed by atoms with E-state index in [4.69, 9.17) is 0 Å². The van der Waals surface area contributed by atoms with Gasteiger partial charge in [0.2, 0.25) is 0 Å². The summed E-state index contributed by atoms with van der Waals surface area (Å²) >= 11 is 0.815. The van der Waals surface area contributed by atoms with Gasteiger partial charge >= 0.3 is 178 Å². The summed E-state index contributed by atoms with van der Waals surface area (Å²) in [4.78, 5) is 0. The molecule has 4 nitrogen and oxygen atoms in total. The first-order valence-electron chi connectivity index (χ1n) is 9.22. The molecule has 0 aliphatic heterocycles. The molecular formula is C22H24I2N4Se2. The summed E-state index contributed by atoms with van der Waals surface area (Å²) in [5.74, 6) is 0. The number of rotatable bonds is 7. The van der Waals surface area contributed by atoms with E-state index in [1.54, 1.807) is 0 Å². The van der Waals surface area contributed by atoms with Gasteiger partial charge in [-0.2, -0.15) is 0 Å². The van der Waals surface area contributed by atoms with E-state index in [0.717, 1.165) is 13.1 Å². The van der Waals surface area contributed by atoms with Gasteiger partial charge < -0.3 is 48.0 Å². The molecular weight excluding hydrogens is 732 g/mol. The Morgan fingerprint density at radius 1 is 0.633 bits per heavy atom. The third kappa shape index (κ3) is 6.43. The van der Waals surface area contributed by atoms with Crippen LogP contribution in [0.15, 0.2) is 85.5 Å². The van der Waals surface area contributed by atoms with Crippen molar-refractivity contribution in [3.8, 4) is 0 Å². The van der Waals surface area contributed by atoms with E-state index >= 15 is 0 Å². The van der Waals surface area contributed by atoms with Crippen molar-refractivity contribution in [2.24, 2.45) is 14.1 Å². The van der Waals surface area contributed by atoms with Gasteiger partial charge in [-0.1, -0.05) is 0 Å². The number of aromatic nitrogens is 4. The molecule has 2 aromatic heterocycles. The van der Waals surface area contributed by atoms with E-state index < -0.39 is 0 Å². The summed E-state index contributed by atoms with van der Waals surface area (Å²) in [6.45, 7) is 1.87. The van der Waals surface area contributed by atoms with Crippen LogP contribution < -0.4 is 66.5 Å². The number of hydrogen-bond donors (Lipinski definition) is 0. The van der Waals surface area contributed by atoms with Gasteiger partial charge in [-0.3, -0.25) is 0 Å². The molecule has 8 heteroatoms. The smallest absolute Gasteiger partial charge is 1.00 e. The first kappa shape index (κ1) is 25.6. The summed E-state index contributed by atoms with van der Waals surface area (Å²) in [6.07, 6.45) is 8.78. The van der Waals surface area contributed by atoms with Crippen molar-refractivity contribution < 1.29 is 57.1 Å². The maximum Gasteiger partial charge on any atom is -1.00 e. The minimum Gasteiger partial charge on any atom is -1.00 e. The van der Waals surface area contributed by atoms with Crippen LogP contribution in [-0.2, 0) is 27.2 Å². The first-order chi connectivity index (χ1) is 13.7. The van der Waals surface area contributed by atoms with Crippen LogP contribution >= 0.6 is 0 Å². The Morgan fingerprint density at radius 2 is 1.00 bits per heavy atom. The SMILES string of the molecule is C[n+]1ccn(Cc2ccccc2)c1[Se][Se]c1n(Cc2ccccc2)cc[n+]1C.[I-].[I-]. The molecule has 0 aliphatic carbocycles. The van der Waals surface area contributed by atoms with Crippen molar-refractivity contribution in [2.75, 3.05) is 0 Å². The minimum atomic E-state index is 0. The standard InChI is InChI=1S/C22H24N4Se2.2HI/c1-23-13-15-25(17-19-9-5-3-6-10-19)21(23)27-28-22-24(2)14-16-26(22)18-20-11-7-4-8-12-20;;/h3-16H,17-18H2,1-2H3;2*1H/q+2;;/p-2. The zero-order valence-corrected chi connectivity index (χ0v) is 24.6. The average molecular weight is 756 g/mol. The summed E-state index contributed by atoms with van der Waals surface area (Å²) in [6, 6.07) is 21.4. The molecule has 4 rings (SSSR count). The Morgan fingerprint density at radius 3 is 1.37 bits per heavy atom. The molecule has 0 spiro atoms. The third-order valence-electron chi connectivity index (χ3n) is 4.62. The van der Waals surface area contributed by atoms with Crippen molar-refractivity contribution in [3.63, 3.8) is 0 Å². The summed E-state index contributed by atoms with van der Waals surface area (Å²) < 4.78 is 12.3. The molecule has 4 aromatic rings. The summed E-state index contributed by atoms with van der Waals surface area (Å²) in [7, 11) is 4.33. The predicted octanol–water partition coefficient (Wildman–Crippen LogP) is -5.68. The van der Waals surface area contributed by atoms with Crippen LogP contribution in [0.4, 0.5) is 0 Å². The normalized spacial score (nSPS) is 10.3. The second-order valence-corrected chi connectivity index (χ2v) is 12.6. The molecule has 0 radical (unpaired) electrons. The van der Waals surface area contributed by atoms with Gasteiger partial charge in [-0.25, -0.2) is 0 Å². The second kappa shape index (κ2) is 12.4. The van der Waals surface area contributed by atoms with Gasteiger partial charge in [-0.05, 0) is 0 Å². The molecule has 0 saturated carbocycles. The van der Waals surface area contributed by atoms with Crippen molar-refractivity contribution >= 4 is 35.7 Å². The zero-order chi connectivity index (χ0) is 19.3. The van der Waals surface area contributed by atoms with Crippen LogP contribution in [0.5, 0.6) is 0 Å². The van der Waals surface area contributed by atoms with Gasteiger partial charge in [0, 0.05) is 0 Å². The molecule has 0 aliphatic rings. The number of nitrogens with zero attached hydrogens (tertiary/aromatic N) is 4. The molecule has 0 amide bonds. The van der Waals surface area contributed by atoms with Crippen molar-refractivity contribution in [1.29, 1.82) is 0 Å². The summed E-state index contributed by atoms with van der Waals surface area (Å²) in [5, 5.41) is 0. The Hall–Kier alpha value is -0.641. The summed E-state index contributed by atoms with van der Waals surface area (Å²) in [5.41, 5.74) is 2.70. The Balaban J connectivity index is 0.00000160. The van der Waals surface area contributed by atoms with E-state index in [-0.39, 0.29) is 48.0 Å². The average Bonchev–Trinajstić information content (AvgIpc) is 3.24. The Labute approximate surface area is 223 Å². The Kier molecular flexibility index (Phi) is 10.6. The number of benzene rings is 2. The molecule has 0 saturated heterocycles. The second-order valence-electron chi connectivity index (χ2n) is 6.78.